The third-order valence-corrected chi connectivity index (χ3v) is 3.76. The molecule has 0 saturated carbocycles. The highest BCUT2D eigenvalue weighted by atomic mass is 16.3. The average Bonchev–Trinajstić information content (AvgIpc) is 2.62. The molecule has 0 aliphatic rings. The fraction of sp³-hybridized carbons (Fsp3) is 0.0500. The number of phenols is 1. The minimum absolute atomic E-state index is 0.0569. The highest BCUT2D eigenvalue weighted by molar-refractivity contribution is 6.06. The van der Waals surface area contributed by atoms with Gasteiger partial charge in [0, 0.05) is 24.5 Å². The molecule has 0 unspecified atom stereocenters. The lowest BCUT2D eigenvalue weighted by molar-refractivity contribution is 0.102. The zero-order valence-corrected chi connectivity index (χ0v) is 13.3. The van der Waals surface area contributed by atoms with E-state index in [1.165, 1.54) is 6.07 Å². The van der Waals surface area contributed by atoms with Gasteiger partial charge in [-0.3, -0.25) is 4.79 Å². The van der Waals surface area contributed by atoms with E-state index in [-0.39, 0.29) is 17.2 Å². The quantitative estimate of drug-likeness (QED) is 0.670. The second-order valence-corrected chi connectivity index (χ2v) is 5.38. The summed E-state index contributed by atoms with van der Waals surface area (Å²) in [6.45, 7) is 0. The Kier molecular flexibility index (Phi) is 4.47. The van der Waals surface area contributed by atoms with E-state index in [0.29, 0.717) is 5.69 Å². The second kappa shape index (κ2) is 6.87. The molecule has 1 amide bonds. The number of carbonyl (C=O) groups is 1. The van der Waals surface area contributed by atoms with Gasteiger partial charge < -0.3 is 15.7 Å². The first-order chi connectivity index (χ1) is 11.7. The zero-order chi connectivity index (χ0) is 16.9. The van der Waals surface area contributed by atoms with Gasteiger partial charge in [0.1, 0.15) is 5.75 Å². The fourth-order valence-corrected chi connectivity index (χ4v) is 2.48. The Labute approximate surface area is 140 Å². The summed E-state index contributed by atoms with van der Waals surface area (Å²) in [5, 5.41) is 15.7. The number of aromatic hydroxyl groups is 1. The normalized spacial score (nSPS) is 10.2. The molecule has 3 aromatic carbocycles. The molecule has 4 nitrogen and oxygen atoms in total. The van der Waals surface area contributed by atoms with Crippen LogP contribution in [0, 0.1) is 0 Å². The van der Waals surface area contributed by atoms with Crippen LogP contribution in [0.2, 0.25) is 0 Å². The van der Waals surface area contributed by atoms with Gasteiger partial charge >= 0.3 is 0 Å². The van der Waals surface area contributed by atoms with Crippen LogP contribution in [-0.4, -0.2) is 18.1 Å². The molecular formula is C20H18N2O2. The maximum atomic E-state index is 12.4. The second-order valence-electron chi connectivity index (χ2n) is 5.38. The predicted octanol–water partition coefficient (Wildman–Crippen LogP) is 4.35. The minimum atomic E-state index is -0.347. The number of hydrogen-bond donors (Lipinski definition) is 3. The topological polar surface area (TPSA) is 61.4 Å². The minimum Gasteiger partial charge on any atom is -0.507 e. The first-order valence-corrected chi connectivity index (χ1v) is 7.65. The van der Waals surface area contributed by atoms with Crippen molar-refractivity contribution in [1.29, 1.82) is 0 Å². The molecule has 3 aromatic rings. The third kappa shape index (κ3) is 3.38. The van der Waals surface area contributed by atoms with Crippen LogP contribution in [0.5, 0.6) is 5.75 Å². The molecule has 0 radical (unpaired) electrons. The fourth-order valence-electron chi connectivity index (χ4n) is 2.48. The first kappa shape index (κ1) is 15.6. The summed E-state index contributed by atoms with van der Waals surface area (Å²) in [5.41, 5.74) is 3.76. The highest BCUT2D eigenvalue weighted by Gasteiger charge is 2.12. The first-order valence-electron chi connectivity index (χ1n) is 7.65. The van der Waals surface area contributed by atoms with Crippen molar-refractivity contribution in [3.8, 4) is 16.9 Å². The maximum Gasteiger partial charge on any atom is 0.259 e. The van der Waals surface area contributed by atoms with Crippen molar-refractivity contribution in [3.05, 3.63) is 78.4 Å². The van der Waals surface area contributed by atoms with E-state index in [4.69, 9.17) is 0 Å². The van der Waals surface area contributed by atoms with E-state index in [1.807, 2.05) is 54.6 Å². The van der Waals surface area contributed by atoms with E-state index < -0.39 is 0 Å². The summed E-state index contributed by atoms with van der Waals surface area (Å²) in [6.07, 6.45) is 0. The van der Waals surface area contributed by atoms with Crippen LogP contribution >= 0.6 is 0 Å². The van der Waals surface area contributed by atoms with Gasteiger partial charge in [-0.2, -0.15) is 0 Å². The van der Waals surface area contributed by atoms with Crippen molar-refractivity contribution in [1.82, 2.24) is 0 Å². The Morgan fingerprint density at radius 2 is 1.58 bits per heavy atom. The molecule has 0 bridgehead atoms. The Bertz CT molecular complexity index is 861. The third-order valence-electron chi connectivity index (χ3n) is 3.76. The van der Waals surface area contributed by atoms with E-state index in [9.17, 15) is 9.90 Å². The zero-order valence-electron chi connectivity index (χ0n) is 13.3. The molecule has 0 aliphatic carbocycles. The van der Waals surface area contributed by atoms with Gasteiger partial charge in [-0.15, -0.1) is 0 Å². The summed E-state index contributed by atoms with van der Waals surface area (Å²) in [6, 6.07) is 22.4. The molecule has 120 valence electrons. The number of benzene rings is 3. The number of hydrogen-bond acceptors (Lipinski definition) is 3. The van der Waals surface area contributed by atoms with Gasteiger partial charge in [-0.05, 0) is 35.4 Å². The van der Waals surface area contributed by atoms with Crippen LogP contribution < -0.4 is 10.6 Å². The van der Waals surface area contributed by atoms with Crippen molar-refractivity contribution >= 4 is 17.3 Å². The molecule has 3 rings (SSSR count). The van der Waals surface area contributed by atoms with Crippen molar-refractivity contribution in [2.24, 2.45) is 0 Å². The van der Waals surface area contributed by atoms with Crippen molar-refractivity contribution in [2.75, 3.05) is 17.7 Å². The standard InChI is InChI=1S/C20H18N2O2/c1-21-16-10-11-18(19(23)13-16)20(24)22-17-9-5-8-15(12-17)14-6-3-2-4-7-14/h2-13,21,23H,1H3,(H,22,24). The van der Waals surface area contributed by atoms with E-state index >= 15 is 0 Å². The van der Waals surface area contributed by atoms with Gasteiger partial charge in [0.05, 0.1) is 5.56 Å². The number of anilines is 2. The predicted molar refractivity (Wildman–Crippen MR) is 97.5 cm³/mol. The lowest BCUT2D eigenvalue weighted by Gasteiger charge is -2.10. The number of phenolic OH excluding ortho intramolecular Hbond substituents is 1. The Morgan fingerprint density at radius 3 is 2.29 bits per heavy atom. The van der Waals surface area contributed by atoms with Gasteiger partial charge in [-0.25, -0.2) is 0 Å². The number of amides is 1. The molecule has 0 atom stereocenters. The summed E-state index contributed by atoms with van der Waals surface area (Å²) in [7, 11) is 1.75. The van der Waals surface area contributed by atoms with Gasteiger partial charge in [0.15, 0.2) is 0 Å². The van der Waals surface area contributed by atoms with Gasteiger partial charge in [-0.1, -0.05) is 42.5 Å². The van der Waals surface area contributed by atoms with E-state index in [1.54, 1.807) is 19.2 Å². The number of rotatable bonds is 4. The Hall–Kier alpha value is -3.27. The Morgan fingerprint density at radius 1 is 0.833 bits per heavy atom. The number of nitrogens with one attached hydrogen (secondary N) is 2. The number of carbonyl (C=O) groups excluding carboxylic acids is 1. The molecular weight excluding hydrogens is 300 g/mol. The summed E-state index contributed by atoms with van der Waals surface area (Å²) >= 11 is 0. The lowest BCUT2D eigenvalue weighted by atomic mass is 10.1. The van der Waals surface area contributed by atoms with Crippen molar-refractivity contribution < 1.29 is 9.90 Å². The molecule has 0 spiro atoms. The largest absolute Gasteiger partial charge is 0.507 e. The molecule has 0 aromatic heterocycles. The maximum absolute atomic E-state index is 12.4. The van der Waals surface area contributed by atoms with Crippen molar-refractivity contribution in [3.63, 3.8) is 0 Å². The van der Waals surface area contributed by atoms with E-state index in [2.05, 4.69) is 10.6 Å². The van der Waals surface area contributed by atoms with Crippen LogP contribution in [0.1, 0.15) is 10.4 Å². The summed E-state index contributed by atoms with van der Waals surface area (Å²) in [5.74, 6) is -0.404. The van der Waals surface area contributed by atoms with Crippen LogP contribution in [0.3, 0.4) is 0 Å². The monoisotopic (exact) mass is 318 g/mol. The summed E-state index contributed by atoms with van der Waals surface area (Å²) < 4.78 is 0. The average molecular weight is 318 g/mol. The molecule has 4 heteroatoms. The van der Waals surface area contributed by atoms with Gasteiger partial charge in [0.25, 0.3) is 5.91 Å². The summed E-state index contributed by atoms with van der Waals surface area (Å²) in [4.78, 5) is 12.4. The van der Waals surface area contributed by atoms with Crippen molar-refractivity contribution in [2.45, 2.75) is 0 Å². The molecule has 3 N–H and O–H groups in total. The molecule has 0 heterocycles. The van der Waals surface area contributed by atoms with Crippen LogP contribution in [0.15, 0.2) is 72.8 Å². The lowest BCUT2D eigenvalue weighted by Crippen LogP contribution is -2.12. The van der Waals surface area contributed by atoms with Crippen LogP contribution in [0.4, 0.5) is 11.4 Å². The smallest absolute Gasteiger partial charge is 0.259 e. The molecule has 0 aliphatic heterocycles. The molecule has 0 fully saturated rings. The highest BCUT2D eigenvalue weighted by Crippen LogP contribution is 2.25. The van der Waals surface area contributed by atoms with E-state index in [0.717, 1.165) is 16.8 Å². The van der Waals surface area contributed by atoms with Crippen LogP contribution in [-0.2, 0) is 0 Å². The molecule has 0 saturated heterocycles. The van der Waals surface area contributed by atoms with Gasteiger partial charge in [0.2, 0.25) is 0 Å². The molecule has 24 heavy (non-hydrogen) atoms. The SMILES string of the molecule is CNc1ccc(C(=O)Nc2cccc(-c3ccccc3)c2)c(O)c1. The Balaban J connectivity index is 1.82. The van der Waals surface area contributed by atoms with Crippen LogP contribution in [0.25, 0.3) is 11.1 Å².